The number of hydrogen-bond acceptors (Lipinski definition) is 3. The smallest absolute Gasteiger partial charge is 0.0586 e. The second-order valence-electron chi connectivity index (χ2n) is 5.01. The predicted octanol–water partition coefficient (Wildman–Crippen LogP) is 2.04. The number of aliphatic hydroxyl groups is 1. The topological polar surface area (TPSA) is 23.5 Å². The minimum Gasteiger partial charge on any atom is -0.395 e. The van der Waals surface area contributed by atoms with E-state index in [4.69, 9.17) is 0 Å². The van der Waals surface area contributed by atoms with E-state index in [1.807, 2.05) is 0 Å². The average Bonchev–Trinajstić information content (AvgIpc) is 2.25. The number of thiol groups is 1. The Balaban J connectivity index is 2.46. The molecule has 2 nitrogen and oxygen atoms in total. The fourth-order valence-corrected chi connectivity index (χ4v) is 2.82. The summed E-state index contributed by atoms with van der Waals surface area (Å²) in [5, 5.41) is 9.32. The molecule has 0 aromatic rings. The van der Waals surface area contributed by atoms with Crippen LogP contribution in [0, 0.1) is 11.8 Å². The van der Waals surface area contributed by atoms with Gasteiger partial charge < -0.3 is 5.11 Å². The average molecular weight is 231 g/mol. The first kappa shape index (κ1) is 13.3. The molecule has 1 heterocycles. The van der Waals surface area contributed by atoms with Crippen LogP contribution in [0.3, 0.4) is 0 Å². The van der Waals surface area contributed by atoms with E-state index in [0.717, 1.165) is 25.3 Å². The van der Waals surface area contributed by atoms with Crippen LogP contribution in [0.4, 0.5) is 0 Å². The Bertz CT molecular complexity index is 175. The van der Waals surface area contributed by atoms with Crippen molar-refractivity contribution < 1.29 is 5.11 Å². The maximum absolute atomic E-state index is 9.32. The third-order valence-electron chi connectivity index (χ3n) is 3.61. The summed E-state index contributed by atoms with van der Waals surface area (Å²) in [6, 6.07) is 0.403. The quantitative estimate of drug-likeness (QED) is 0.707. The van der Waals surface area contributed by atoms with Crippen LogP contribution in [0.5, 0.6) is 0 Å². The maximum Gasteiger partial charge on any atom is 0.0586 e. The van der Waals surface area contributed by atoms with Crippen molar-refractivity contribution in [3.05, 3.63) is 0 Å². The molecule has 1 aliphatic rings. The van der Waals surface area contributed by atoms with E-state index in [9.17, 15) is 5.11 Å². The summed E-state index contributed by atoms with van der Waals surface area (Å²) < 4.78 is 0. The molecule has 2 unspecified atom stereocenters. The number of rotatable bonds is 5. The standard InChI is InChI=1S/C12H25NOS/c1-10(2)11(9-15)7-13-6-4-3-5-12(13)8-14/h10-12,14-15H,3-9H2,1-2H3. The third kappa shape index (κ3) is 3.97. The molecule has 1 rings (SSSR count). The number of aliphatic hydroxyl groups excluding tert-OH is 1. The highest BCUT2D eigenvalue weighted by Gasteiger charge is 2.24. The molecule has 1 fully saturated rings. The first-order valence-corrected chi connectivity index (χ1v) is 6.78. The second-order valence-corrected chi connectivity index (χ2v) is 5.38. The van der Waals surface area contributed by atoms with Gasteiger partial charge in [-0.2, -0.15) is 12.6 Å². The van der Waals surface area contributed by atoms with Gasteiger partial charge >= 0.3 is 0 Å². The van der Waals surface area contributed by atoms with Crippen LogP contribution in [0.1, 0.15) is 33.1 Å². The summed E-state index contributed by atoms with van der Waals surface area (Å²) in [6.45, 7) is 7.10. The molecular weight excluding hydrogens is 206 g/mol. The van der Waals surface area contributed by atoms with E-state index in [2.05, 4.69) is 31.4 Å². The summed E-state index contributed by atoms with van der Waals surface area (Å²) in [5.74, 6) is 2.29. The van der Waals surface area contributed by atoms with Gasteiger partial charge in [0.1, 0.15) is 0 Å². The van der Waals surface area contributed by atoms with Gasteiger partial charge in [0.05, 0.1) is 6.61 Å². The van der Waals surface area contributed by atoms with E-state index in [1.165, 1.54) is 12.8 Å². The molecule has 0 aromatic heterocycles. The Morgan fingerprint density at radius 2 is 2.13 bits per heavy atom. The Labute approximate surface area is 99.5 Å². The predicted molar refractivity (Wildman–Crippen MR) is 68.5 cm³/mol. The molecule has 3 heteroatoms. The van der Waals surface area contributed by atoms with Crippen molar-refractivity contribution in [1.82, 2.24) is 4.90 Å². The lowest BCUT2D eigenvalue weighted by Crippen LogP contribution is -2.45. The molecule has 15 heavy (non-hydrogen) atoms. The normalized spacial score (nSPS) is 25.8. The molecule has 0 spiro atoms. The molecule has 1 N–H and O–H groups in total. The minimum atomic E-state index is 0.317. The number of hydrogen-bond donors (Lipinski definition) is 2. The van der Waals surface area contributed by atoms with Gasteiger partial charge in [-0.1, -0.05) is 20.3 Å². The first-order chi connectivity index (χ1) is 7.19. The Kier molecular flexibility index (Phi) is 6.02. The van der Waals surface area contributed by atoms with E-state index in [-0.39, 0.29) is 0 Å². The molecule has 0 saturated carbocycles. The monoisotopic (exact) mass is 231 g/mol. The fourth-order valence-electron chi connectivity index (χ4n) is 2.29. The first-order valence-electron chi connectivity index (χ1n) is 6.14. The lowest BCUT2D eigenvalue weighted by molar-refractivity contribution is 0.0725. The summed E-state index contributed by atoms with van der Waals surface area (Å²) in [5.41, 5.74) is 0. The highest BCUT2D eigenvalue weighted by molar-refractivity contribution is 7.80. The molecular formula is C12H25NOS. The Hall–Kier alpha value is 0.270. The lowest BCUT2D eigenvalue weighted by Gasteiger charge is -2.37. The zero-order chi connectivity index (χ0) is 11.3. The summed E-state index contributed by atoms with van der Waals surface area (Å²) in [4.78, 5) is 2.46. The SMILES string of the molecule is CC(C)C(CS)CN1CCCCC1CO. The number of nitrogens with zero attached hydrogens (tertiary/aromatic N) is 1. The number of likely N-dealkylation sites (tertiary alicyclic amines) is 1. The van der Waals surface area contributed by atoms with Crippen LogP contribution in [-0.2, 0) is 0 Å². The Morgan fingerprint density at radius 1 is 1.40 bits per heavy atom. The minimum absolute atomic E-state index is 0.317. The molecule has 0 bridgehead atoms. The second kappa shape index (κ2) is 6.77. The van der Waals surface area contributed by atoms with Crippen molar-refractivity contribution >= 4 is 12.6 Å². The van der Waals surface area contributed by atoms with Gasteiger partial charge in [-0.25, -0.2) is 0 Å². The zero-order valence-corrected chi connectivity index (χ0v) is 10.9. The van der Waals surface area contributed by atoms with Crippen LogP contribution in [0.2, 0.25) is 0 Å². The van der Waals surface area contributed by atoms with Gasteiger partial charge in [-0.05, 0) is 37.0 Å². The lowest BCUT2D eigenvalue weighted by atomic mass is 9.94. The summed E-state index contributed by atoms with van der Waals surface area (Å²) >= 11 is 4.42. The van der Waals surface area contributed by atoms with Gasteiger partial charge in [0.15, 0.2) is 0 Å². The largest absolute Gasteiger partial charge is 0.395 e. The molecule has 1 saturated heterocycles. The zero-order valence-electron chi connectivity index (χ0n) is 10.0. The van der Waals surface area contributed by atoms with Crippen molar-refractivity contribution in [2.45, 2.75) is 39.2 Å². The van der Waals surface area contributed by atoms with Gasteiger partial charge in [-0.3, -0.25) is 4.90 Å². The van der Waals surface area contributed by atoms with Gasteiger partial charge in [-0.15, -0.1) is 0 Å². The van der Waals surface area contributed by atoms with Crippen LogP contribution in [-0.4, -0.2) is 41.5 Å². The van der Waals surface area contributed by atoms with Crippen LogP contribution >= 0.6 is 12.6 Å². The van der Waals surface area contributed by atoms with E-state index < -0.39 is 0 Å². The molecule has 90 valence electrons. The molecule has 1 aliphatic heterocycles. The van der Waals surface area contributed by atoms with Crippen molar-refractivity contribution in [2.24, 2.45) is 11.8 Å². The van der Waals surface area contributed by atoms with Crippen LogP contribution in [0.15, 0.2) is 0 Å². The number of piperidine rings is 1. The van der Waals surface area contributed by atoms with Gasteiger partial charge in [0.2, 0.25) is 0 Å². The van der Waals surface area contributed by atoms with Gasteiger partial charge in [0, 0.05) is 12.6 Å². The van der Waals surface area contributed by atoms with Crippen molar-refractivity contribution in [2.75, 3.05) is 25.4 Å². The molecule has 0 aliphatic carbocycles. The van der Waals surface area contributed by atoms with Crippen molar-refractivity contribution in [3.8, 4) is 0 Å². The highest BCUT2D eigenvalue weighted by Crippen LogP contribution is 2.21. The van der Waals surface area contributed by atoms with Crippen LogP contribution in [0.25, 0.3) is 0 Å². The summed E-state index contributed by atoms with van der Waals surface area (Å²) in [6.07, 6.45) is 3.72. The van der Waals surface area contributed by atoms with Gasteiger partial charge in [0.25, 0.3) is 0 Å². The van der Waals surface area contributed by atoms with Crippen LogP contribution < -0.4 is 0 Å². The molecule has 2 atom stereocenters. The Morgan fingerprint density at radius 3 is 2.67 bits per heavy atom. The molecule has 0 amide bonds. The third-order valence-corrected chi connectivity index (χ3v) is 4.08. The fraction of sp³-hybridized carbons (Fsp3) is 1.00. The van der Waals surface area contributed by atoms with E-state index >= 15 is 0 Å². The molecule has 0 radical (unpaired) electrons. The maximum atomic E-state index is 9.32. The van der Waals surface area contributed by atoms with Crippen molar-refractivity contribution in [3.63, 3.8) is 0 Å². The van der Waals surface area contributed by atoms with Crippen molar-refractivity contribution in [1.29, 1.82) is 0 Å². The van der Waals surface area contributed by atoms with E-state index in [1.54, 1.807) is 0 Å². The highest BCUT2D eigenvalue weighted by atomic mass is 32.1. The van der Waals surface area contributed by atoms with E-state index in [0.29, 0.717) is 24.5 Å². The summed E-state index contributed by atoms with van der Waals surface area (Å²) in [7, 11) is 0. The molecule has 0 aromatic carbocycles.